The predicted octanol–water partition coefficient (Wildman–Crippen LogP) is 0.712. The van der Waals surface area contributed by atoms with Gasteiger partial charge in [-0.25, -0.2) is 4.79 Å². The molecule has 9 heteroatoms. The second-order valence-electron chi connectivity index (χ2n) is 7.82. The fourth-order valence-electron chi connectivity index (χ4n) is 4.06. The van der Waals surface area contributed by atoms with Gasteiger partial charge in [0.25, 0.3) is 6.47 Å². The third-order valence-corrected chi connectivity index (χ3v) is 5.56. The van der Waals surface area contributed by atoms with E-state index in [0.717, 1.165) is 19.5 Å². The highest BCUT2D eigenvalue weighted by atomic mass is 16.5. The Hall–Kier alpha value is -2.65. The van der Waals surface area contributed by atoms with Crippen molar-refractivity contribution in [1.29, 1.82) is 0 Å². The molecule has 3 rings (SSSR count). The summed E-state index contributed by atoms with van der Waals surface area (Å²) in [5.74, 6) is 1.02. The SMILES string of the molecule is COC(=O)c1cccc(O[C@@H]2C[C@@H]3CN(CC(=O)N(C)C)C[C@@H]3C[C@H]2O)c1.O=CO. The summed E-state index contributed by atoms with van der Waals surface area (Å²) in [6.07, 6.45) is 0.528. The third-order valence-electron chi connectivity index (χ3n) is 5.56. The number of carbonyl (C=O) groups is 3. The highest BCUT2D eigenvalue weighted by Crippen LogP contribution is 2.38. The van der Waals surface area contributed by atoms with Crippen LogP contribution in [0.2, 0.25) is 0 Å². The molecule has 0 aromatic heterocycles. The zero-order valence-corrected chi connectivity index (χ0v) is 17.6. The molecule has 0 unspecified atom stereocenters. The molecule has 1 aliphatic heterocycles. The van der Waals surface area contributed by atoms with E-state index < -0.39 is 12.1 Å². The number of likely N-dealkylation sites (N-methyl/N-ethyl adjacent to an activating group) is 1. The number of aliphatic hydroxyl groups is 1. The number of likely N-dealkylation sites (tertiary alicyclic amines) is 1. The molecular weight excluding hydrogens is 392 g/mol. The number of aliphatic hydroxyl groups excluding tert-OH is 1. The quantitative estimate of drug-likeness (QED) is 0.527. The first-order valence-electron chi connectivity index (χ1n) is 9.82. The molecule has 1 heterocycles. The van der Waals surface area contributed by atoms with Crippen LogP contribution in [-0.4, -0.2) is 91.4 Å². The Kier molecular flexibility index (Phi) is 8.61. The van der Waals surface area contributed by atoms with E-state index in [2.05, 4.69) is 4.90 Å². The number of fused-ring (bicyclic) bond motifs is 1. The van der Waals surface area contributed by atoms with Crippen molar-refractivity contribution in [3.05, 3.63) is 29.8 Å². The lowest BCUT2D eigenvalue weighted by molar-refractivity contribution is -0.129. The minimum absolute atomic E-state index is 0.0987. The number of ether oxygens (including phenoxy) is 2. The van der Waals surface area contributed by atoms with Crippen molar-refractivity contribution in [2.75, 3.05) is 40.8 Å². The van der Waals surface area contributed by atoms with Crippen molar-refractivity contribution < 1.29 is 34.1 Å². The van der Waals surface area contributed by atoms with Crippen molar-refractivity contribution in [2.45, 2.75) is 25.0 Å². The van der Waals surface area contributed by atoms with Gasteiger partial charge >= 0.3 is 5.97 Å². The van der Waals surface area contributed by atoms with Crippen molar-refractivity contribution >= 4 is 18.3 Å². The monoisotopic (exact) mass is 422 g/mol. The van der Waals surface area contributed by atoms with Gasteiger partial charge < -0.3 is 24.6 Å². The number of methoxy groups -OCH3 is 1. The van der Waals surface area contributed by atoms with Crippen LogP contribution >= 0.6 is 0 Å². The van der Waals surface area contributed by atoms with Crippen LogP contribution in [-0.2, 0) is 14.3 Å². The number of esters is 1. The lowest BCUT2D eigenvalue weighted by Gasteiger charge is -2.35. The largest absolute Gasteiger partial charge is 0.488 e. The average Bonchev–Trinajstić information content (AvgIpc) is 3.09. The first-order chi connectivity index (χ1) is 14.3. The first-order valence-corrected chi connectivity index (χ1v) is 9.82. The number of nitrogens with zero attached hydrogens (tertiary/aromatic N) is 2. The second kappa shape index (κ2) is 10.9. The summed E-state index contributed by atoms with van der Waals surface area (Å²) in [6, 6.07) is 6.83. The lowest BCUT2D eigenvalue weighted by atomic mass is 9.78. The van der Waals surface area contributed by atoms with E-state index in [1.165, 1.54) is 7.11 Å². The van der Waals surface area contributed by atoms with Crippen LogP contribution < -0.4 is 4.74 Å². The molecular formula is C21H30N2O7. The molecule has 30 heavy (non-hydrogen) atoms. The molecule has 2 fully saturated rings. The van der Waals surface area contributed by atoms with Crippen molar-refractivity contribution in [2.24, 2.45) is 11.8 Å². The Bertz CT molecular complexity index is 740. The van der Waals surface area contributed by atoms with E-state index in [9.17, 15) is 14.7 Å². The number of hydrogen-bond acceptors (Lipinski definition) is 7. The molecule has 0 spiro atoms. The highest BCUT2D eigenvalue weighted by Gasteiger charge is 2.43. The van der Waals surface area contributed by atoms with Gasteiger partial charge in [-0.1, -0.05) is 6.07 Å². The van der Waals surface area contributed by atoms with Crippen LogP contribution in [0.15, 0.2) is 24.3 Å². The average molecular weight is 422 g/mol. The van der Waals surface area contributed by atoms with E-state index in [1.54, 1.807) is 43.3 Å². The standard InChI is InChI=1S/C20H28N2O5.CH2O2/c1-21(2)19(24)12-22-10-14-8-17(23)18(9-15(14)11-22)27-16-6-4-5-13(7-16)20(25)26-3;2-1-3/h4-7,14-15,17-18,23H,8-12H2,1-3H3;1H,(H,2,3)/t14-,15+,17+,18+;/m0./s1. The Morgan fingerprint density at radius 3 is 2.47 bits per heavy atom. The number of rotatable bonds is 5. The molecule has 1 saturated carbocycles. The number of benzene rings is 1. The molecule has 4 atom stereocenters. The van der Waals surface area contributed by atoms with Gasteiger partial charge in [-0.15, -0.1) is 0 Å². The van der Waals surface area contributed by atoms with Gasteiger partial charge in [-0.05, 0) is 42.9 Å². The van der Waals surface area contributed by atoms with Gasteiger partial charge in [0, 0.05) is 27.2 Å². The Labute approximate surface area is 176 Å². The fourth-order valence-corrected chi connectivity index (χ4v) is 4.06. The smallest absolute Gasteiger partial charge is 0.337 e. The Morgan fingerprint density at radius 2 is 1.87 bits per heavy atom. The van der Waals surface area contributed by atoms with E-state index in [1.807, 2.05) is 0 Å². The molecule has 166 valence electrons. The molecule has 2 N–H and O–H groups in total. The number of carboxylic acid groups (broad SMARTS) is 1. The lowest BCUT2D eigenvalue weighted by Crippen LogP contribution is -2.42. The maximum Gasteiger partial charge on any atom is 0.337 e. The molecule has 1 aliphatic carbocycles. The number of hydrogen-bond donors (Lipinski definition) is 2. The first kappa shape index (κ1) is 23.6. The molecule has 1 amide bonds. The second-order valence-corrected chi connectivity index (χ2v) is 7.82. The summed E-state index contributed by atoms with van der Waals surface area (Å²) in [6.45, 7) is 1.85. The van der Waals surface area contributed by atoms with Crippen LogP contribution in [0.5, 0.6) is 5.75 Å². The maximum absolute atomic E-state index is 12.0. The van der Waals surface area contributed by atoms with E-state index in [-0.39, 0.29) is 18.5 Å². The van der Waals surface area contributed by atoms with Gasteiger partial charge in [-0.3, -0.25) is 14.5 Å². The topological polar surface area (TPSA) is 117 Å². The highest BCUT2D eigenvalue weighted by molar-refractivity contribution is 5.89. The summed E-state index contributed by atoms with van der Waals surface area (Å²) < 4.78 is 10.8. The summed E-state index contributed by atoms with van der Waals surface area (Å²) in [5, 5.41) is 17.4. The summed E-state index contributed by atoms with van der Waals surface area (Å²) in [7, 11) is 4.87. The minimum Gasteiger partial charge on any atom is -0.488 e. The Morgan fingerprint density at radius 1 is 1.23 bits per heavy atom. The maximum atomic E-state index is 12.0. The van der Waals surface area contributed by atoms with Crippen LogP contribution in [0.25, 0.3) is 0 Å². The summed E-state index contributed by atoms with van der Waals surface area (Å²) in [5.41, 5.74) is 0.424. The Balaban J connectivity index is 0.00000101. The fraction of sp³-hybridized carbons (Fsp3) is 0.571. The minimum atomic E-state index is -0.558. The zero-order chi connectivity index (χ0) is 22.3. The van der Waals surface area contributed by atoms with Crippen molar-refractivity contribution in [3.8, 4) is 5.75 Å². The number of amides is 1. The molecule has 0 bridgehead atoms. The predicted molar refractivity (Wildman–Crippen MR) is 108 cm³/mol. The van der Waals surface area contributed by atoms with Gasteiger partial charge in [0.15, 0.2) is 0 Å². The molecule has 1 aromatic carbocycles. The molecule has 9 nitrogen and oxygen atoms in total. The van der Waals surface area contributed by atoms with Gasteiger partial charge in [0.1, 0.15) is 11.9 Å². The summed E-state index contributed by atoms with van der Waals surface area (Å²) >= 11 is 0. The van der Waals surface area contributed by atoms with E-state index >= 15 is 0 Å². The molecule has 1 aromatic rings. The zero-order valence-electron chi connectivity index (χ0n) is 17.6. The number of carbonyl (C=O) groups excluding carboxylic acids is 2. The van der Waals surface area contributed by atoms with Gasteiger partial charge in [0.05, 0.1) is 25.3 Å². The van der Waals surface area contributed by atoms with Crippen molar-refractivity contribution in [1.82, 2.24) is 9.80 Å². The molecule has 0 radical (unpaired) electrons. The van der Waals surface area contributed by atoms with Crippen LogP contribution in [0.4, 0.5) is 0 Å². The van der Waals surface area contributed by atoms with Gasteiger partial charge in [-0.2, -0.15) is 0 Å². The van der Waals surface area contributed by atoms with Crippen LogP contribution in [0, 0.1) is 11.8 Å². The van der Waals surface area contributed by atoms with Crippen LogP contribution in [0.1, 0.15) is 23.2 Å². The van der Waals surface area contributed by atoms with E-state index in [0.29, 0.717) is 36.1 Å². The normalized spacial score (nSPS) is 25.3. The van der Waals surface area contributed by atoms with Crippen molar-refractivity contribution in [3.63, 3.8) is 0 Å². The van der Waals surface area contributed by atoms with Crippen LogP contribution in [0.3, 0.4) is 0 Å². The molecule has 2 aliphatic rings. The molecule has 1 saturated heterocycles. The van der Waals surface area contributed by atoms with Gasteiger partial charge in [0.2, 0.25) is 5.91 Å². The van der Waals surface area contributed by atoms with E-state index in [4.69, 9.17) is 19.4 Å². The third kappa shape index (κ3) is 6.17. The summed E-state index contributed by atoms with van der Waals surface area (Å²) in [4.78, 5) is 35.8.